The highest BCUT2D eigenvalue weighted by atomic mass is 32.2. The van der Waals surface area contributed by atoms with Crippen LogP contribution in [-0.2, 0) is 16.6 Å². The molecule has 0 unspecified atom stereocenters. The van der Waals surface area contributed by atoms with E-state index in [0.29, 0.717) is 23.9 Å². The number of sulfonamides is 1. The Labute approximate surface area is 113 Å². The van der Waals surface area contributed by atoms with E-state index in [9.17, 15) is 8.42 Å². The molecule has 1 aromatic heterocycles. The monoisotopic (exact) mass is 288 g/mol. The topological polar surface area (TPSA) is 58.2 Å². The van der Waals surface area contributed by atoms with Gasteiger partial charge >= 0.3 is 0 Å². The van der Waals surface area contributed by atoms with Crippen LogP contribution in [0.25, 0.3) is 0 Å². The molecule has 1 fully saturated rings. The van der Waals surface area contributed by atoms with Crippen LogP contribution in [-0.4, -0.2) is 21.5 Å². The molecular formula is C12H20N2O2S2. The zero-order valence-corrected chi connectivity index (χ0v) is 12.2. The van der Waals surface area contributed by atoms with Crippen molar-refractivity contribution in [3.63, 3.8) is 0 Å². The summed E-state index contributed by atoms with van der Waals surface area (Å²) in [6, 6.07) is 1.70. The maximum Gasteiger partial charge on any atom is 0.241 e. The van der Waals surface area contributed by atoms with Crippen molar-refractivity contribution in [2.24, 2.45) is 5.92 Å². The van der Waals surface area contributed by atoms with Gasteiger partial charge in [-0.25, -0.2) is 13.1 Å². The number of thiophene rings is 1. The van der Waals surface area contributed by atoms with Crippen molar-refractivity contribution in [1.82, 2.24) is 10.0 Å². The molecule has 18 heavy (non-hydrogen) atoms. The lowest BCUT2D eigenvalue weighted by atomic mass is 10.4. The molecule has 0 aliphatic heterocycles. The number of hydrogen-bond donors (Lipinski definition) is 2. The summed E-state index contributed by atoms with van der Waals surface area (Å²) in [5.74, 6) is 0.556. The van der Waals surface area contributed by atoms with Crippen molar-refractivity contribution in [2.45, 2.75) is 37.6 Å². The van der Waals surface area contributed by atoms with Gasteiger partial charge in [0, 0.05) is 18.0 Å². The fraction of sp³-hybridized carbons (Fsp3) is 0.667. The van der Waals surface area contributed by atoms with Crippen LogP contribution >= 0.6 is 11.3 Å². The highest BCUT2D eigenvalue weighted by molar-refractivity contribution is 7.89. The molecule has 0 amide bonds. The molecule has 6 heteroatoms. The fourth-order valence-electron chi connectivity index (χ4n) is 1.70. The number of hydrogen-bond acceptors (Lipinski definition) is 4. The first-order valence-corrected chi connectivity index (χ1v) is 8.76. The third-order valence-electron chi connectivity index (χ3n) is 2.97. The maximum absolute atomic E-state index is 12.1. The summed E-state index contributed by atoms with van der Waals surface area (Å²) >= 11 is 1.50. The molecule has 2 N–H and O–H groups in total. The maximum atomic E-state index is 12.1. The SMILES string of the molecule is CCCNCc1sccc1S(=O)(=O)NCC1CC1. The molecule has 4 nitrogen and oxygen atoms in total. The van der Waals surface area contributed by atoms with E-state index in [4.69, 9.17) is 0 Å². The molecule has 0 bridgehead atoms. The molecule has 1 heterocycles. The van der Waals surface area contributed by atoms with E-state index in [2.05, 4.69) is 17.0 Å². The van der Waals surface area contributed by atoms with E-state index in [1.165, 1.54) is 11.3 Å². The van der Waals surface area contributed by atoms with Crippen molar-refractivity contribution in [3.8, 4) is 0 Å². The molecule has 1 saturated carbocycles. The summed E-state index contributed by atoms with van der Waals surface area (Å²) < 4.78 is 27.0. The third kappa shape index (κ3) is 3.78. The van der Waals surface area contributed by atoms with Crippen LogP contribution in [0.4, 0.5) is 0 Å². The second kappa shape index (κ2) is 6.14. The van der Waals surface area contributed by atoms with Crippen LogP contribution in [0.2, 0.25) is 0 Å². The summed E-state index contributed by atoms with van der Waals surface area (Å²) in [5, 5.41) is 5.09. The van der Waals surface area contributed by atoms with Crippen LogP contribution in [0, 0.1) is 5.92 Å². The van der Waals surface area contributed by atoms with E-state index in [1.54, 1.807) is 6.07 Å². The lowest BCUT2D eigenvalue weighted by Gasteiger charge is -2.07. The third-order valence-corrected chi connectivity index (χ3v) is 5.52. The summed E-state index contributed by atoms with van der Waals surface area (Å²) in [6.45, 7) is 4.22. The summed E-state index contributed by atoms with van der Waals surface area (Å²) in [7, 11) is -3.32. The highest BCUT2D eigenvalue weighted by Crippen LogP contribution is 2.29. The van der Waals surface area contributed by atoms with Gasteiger partial charge in [0.15, 0.2) is 0 Å². The molecule has 0 aromatic carbocycles. The van der Waals surface area contributed by atoms with Gasteiger partial charge in [-0.3, -0.25) is 0 Å². The Hall–Kier alpha value is -0.430. The fourth-order valence-corrected chi connectivity index (χ4v) is 4.23. The number of nitrogens with one attached hydrogen (secondary N) is 2. The summed E-state index contributed by atoms with van der Waals surface area (Å²) in [4.78, 5) is 1.34. The second-order valence-corrected chi connectivity index (χ2v) is 7.42. The molecular weight excluding hydrogens is 268 g/mol. The minimum absolute atomic E-state index is 0.441. The minimum Gasteiger partial charge on any atom is -0.312 e. The lowest BCUT2D eigenvalue weighted by Crippen LogP contribution is -2.27. The standard InChI is InChI=1S/C12H20N2O2S2/c1-2-6-13-9-11-12(5-7-17-11)18(15,16)14-8-10-3-4-10/h5,7,10,13-14H,2-4,6,8-9H2,1H3. The predicted octanol–water partition coefficient (Wildman–Crippen LogP) is 1.94. The van der Waals surface area contributed by atoms with Crippen LogP contribution in [0.5, 0.6) is 0 Å². The molecule has 2 rings (SSSR count). The van der Waals surface area contributed by atoms with Crippen molar-refractivity contribution in [1.29, 1.82) is 0 Å². The van der Waals surface area contributed by atoms with Gasteiger partial charge in [0.05, 0.1) is 4.90 Å². The molecule has 1 aliphatic rings. The molecule has 0 spiro atoms. The summed E-state index contributed by atoms with van der Waals surface area (Å²) in [6.07, 6.45) is 3.35. The lowest BCUT2D eigenvalue weighted by molar-refractivity contribution is 0.575. The van der Waals surface area contributed by atoms with E-state index >= 15 is 0 Å². The zero-order chi connectivity index (χ0) is 13.0. The Morgan fingerprint density at radius 1 is 1.44 bits per heavy atom. The Bertz CT molecular complexity index is 478. The van der Waals surface area contributed by atoms with Crippen LogP contribution in [0.15, 0.2) is 16.3 Å². The van der Waals surface area contributed by atoms with Crippen LogP contribution in [0.3, 0.4) is 0 Å². The Kier molecular flexibility index (Phi) is 4.77. The van der Waals surface area contributed by atoms with Gasteiger partial charge in [-0.2, -0.15) is 0 Å². The van der Waals surface area contributed by atoms with Gasteiger partial charge in [0.1, 0.15) is 0 Å². The van der Waals surface area contributed by atoms with Crippen molar-refractivity contribution in [2.75, 3.05) is 13.1 Å². The first-order valence-electron chi connectivity index (χ1n) is 6.40. The molecule has 0 radical (unpaired) electrons. The van der Waals surface area contributed by atoms with Gasteiger partial charge < -0.3 is 5.32 Å². The molecule has 102 valence electrons. The Morgan fingerprint density at radius 2 is 2.22 bits per heavy atom. The van der Waals surface area contributed by atoms with Crippen LogP contribution < -0.4 is 10.0 Å². The normalized spacial score (nSPS) is 16.1. The molecule has 1 aromatic rings. The average molecular weight is 288 g/mol. The van der Waals surface area contributed by atoms with E-state index in [-0.39, 0.29) is 0 Å². The van der Waals surface area contributed by atoms with Gasteiger partial charge in [-0.05, 0) is 43.2 Å². The molecule has 0 saturated heterocycles. The zero-order valence-electron chi connectivity index (χ0n) is 10.6. The highest BCUT2D eigenvalue weighted by Gasteiger charge is 2.25. The van der Waals surface area contributed by atoms with Crippen LogP contribution in [0.1, 0.15) is 31.1 Å². The van der Waals surface area contributed by atoms with Gasteiger partial charge in [-0.15, -0.1) is 11.3 Å². The van der Waals surface area contributed by atoms with Gasteiger partial charge in [0.25, 0.3) is 0 Å². The van der Waals surface area contributed by atoms with Crippen molar-refractivity contribution in [3.05, 3.63) is 16.3 Å². The largest absolute Gasteiger partial charge is 0.312 e. The first-order chi connectivity index (χ1) is 8.63. The van der Waals surface area contributed by atoms with E-state index in [0.717, 1.165) is 30.7 Å². The Balaban J connectivity index is 1.99. The second-order valence-electron chi connectivity index (χ2n) is 4.68. The molecule has 1 aliphatic carbocycles. The minimum atomic E-state index is -3.32. The molecule has 0 atom stereocenters. The average Bonchev–Trinajstić information content (AvgIpc) is 3.05. The predicted molar refractivity (Wildman–Crippen MR) is 74.2 cm³/mol. The van der Waals surface area contributed by atoms with Gasteiger partial charge in [-0.1, -0.05) is 6.92 Å². The van der Waals surface area contributed by atoms with Gasteiger partial charge in [0.2, 0.25) is 10.0 Å². The smallest absolute Gasteiger partial charge is 0.241 e. The Morgan fingerprint density at radius 3 is 2.89 bits per heavy atom. The van der Waals surface area contributed by atoms with Crippen molar-refractivity contribution >= 4 is 21.4 Å². The first kappa shape index (κ1) is 14.0. The van der Waals surface area contributed by atoms with E-state index < -0.39 is 10.0 Å². The quantitative estimate of drug-likeness (QED) is 0.719. The summed E-state index contributed by atoms with van der Waals surface area (Å²) in [5.41, 5.74) is 0. The van der Waals surface area contributed by atoms with E-state index in [1.807, 2.05) is 5.38 Å². The van der Waals surface area contributed by atoms with Crippen molar-refractivity contribution < 1.29 is 8.42 Å². The number of rotatable bonds is 8.